The van der Waals surface area contributed by atoms with Crippen molar-refractivity contribution in [1.82, 2.24) is 40.5 Å². The molecule has 2 amide bonds. The van der Waals surface area contributed by atoms with Crippen molar-refractivity contribution in [2.45, 2.75) is 90.6 Å². The molecule has 0 spiro atoms. The summed E-state index contributed by atoms with van der Waals surface area (Å²) in [6.07, 6.45) is 12.1. The van der Waals surface area contributed by atoms with Crippen LogP contribution >= 0.6 is 0 Å². The van der Waals surface area contributed by atoms with Crippen LogP contribution in [0.2, 0.25) is 0 Å². The fourth-order valence-electron chi connectivity index (χ4n) is 6.26. The monoisotopic (exact) mass is 889 g/mol. The quantitative estimate of drug-likeness (QED) is 0.0750. The van der Waals surface area contributed by atoms with Gasteiger partial charge in [-0.3, -0.25) is 9.59 Å². The molecule has 1 aliphatic heterocycles. The van der Waals surface area contributed by atoms with Crippen LogP contribution in [0, 0.1) is 17.8 Å². The van der Waals surface area contributed by atoms with Crippen LogP contribution in [0.1, 0.15) is 89.2 Å². The molecule has 2 aromatic rings. The summed E-state index contributed by atoms with van der Waals surface area (Å²) in [6.45, 7) is 18.5. The lowest BCUT2D eigenvalue weighted by atomic mass is 9.91. The smallest absolute Gasteiger partial charge is 0.220 e. The third-order valence-electron chi connectivity index (χ3n) is 9.94. The summed E-state index contributed by atoms with van der Waals surface area (Å²) in [5, 5.41) is 13.8. The highest BCUT2D eigenvalue weighted by molar-refractivity contribution is 5.76. The van der Waals surface area contributed by atoms with E-state index in [0.29, 0.717) is 144 Å². The summed E-state index contributed by atoms with van der Waals surface area (Å²) in [6, 6.07) is 0. The van der Waals surface area contributed by atoms with E-state index >= 15 is 0 Å². The van der Waals surface area contributed by atoms with Gasteiger partial charge in [-0.25, -0.2) is 14.6 Å². The van der Waals surface area contributed by atoms with E-state index in [9.17, 15) is 9.59 Å². The maximum atomic E-state index is 12.2. The van der Waals surface area contributed by atoms with E-state index in [1.165, 1.54) is 12.8 Å². The van der Waals surface area contributed by atoms with Gasteiger partial charge >= 0.3 is 0 Å². The van der Waals surface area contributed by atoms with Crippen molar-refractivity contribution in [3.63, 3.8) is 0 Å². The summed E-state index contributed by atoms with van der Waals surface area (Å²) in [4.78, 5) is 34.8. The molecule has 1 saturated heterocycles. The summed E-state index contributed by atoms with van der Waals surface area (Å²) >= 11 is 0. The third-order valence-corrected chi connectivity index (χ3v) is 9.94. The molecule has 1 aliphatic rings. The number of carbonyl (C=O) groups excluding carboxylic acids is 2. The van der Waals surface area contributed by atoms with Crippen molar-refractivity contribution >= 4 is 11.8 Å². The second-order valence-electron chi connectivity index (χ2n) is 16.2. The zero-order chi connectivity index (χ0) is 45.1. The molecule has 3 rings (SSSR count). The number of piperidine rings is 1. The SMILES string of the molecule is CNC(=O)CCCC1CCN(CCOCCOCCOCCOCCOCCOCCOCCOCCn2cc(CNC(=O)CCCC#Cc3cnc(C(C)(C)C)nc3)nn2)CC1. The topological polar surface area (TPSA) is 192 Å². The number of aromatic nitrogens is 5. The number of hydrogen-bond donors (Lipinski definition) is 2. The molecule has 18 nitrogen and oxygen atoms in total. The van der Waals surface area contributed by atoms with Gasteiger partial charge in [0.05, 0.1) is 131 Å². The molecular weight excluding hydrogens is 813 g/mol. The number of carbonyl (C=O) groups is 2. The number of unbranched alkanes of at least 4 members (excludes halogenated alkanes) is 1. The molecule has 0 aromatic carbocycles. The van der Waals surface area contributed by atoms with E-state index in [1.807, 2.05) is 0 Å². The van der Waals surface area contributed by atoms with Gasteiger partial charge in [0.1, 0.15) is 11.5 Å². The van der Waals surface area contributed by atoms with E-state index < -0.39 is 0 Å². The Morgan fingerprint density at radius 2 is 1.19 bits per heavy atom. The molecule has 1 fully saturated rings. The molecule has 0 aliphatic carbocycles. The molecule has 2 N–H and O–H groups in total. The molecule has 0 radical (unpaired) electrons. The molecule has 2 aromatic heterocycles. The van der Waals surface area contributed by atoms with Crippen LogP contribution in [0.5, 0.6) is 0 Å². The normalized spacial score (nSPS) is 13.5. The first kappa shape index (κ1) is 53.7. The van der Waals surface area contributed by atoms with E-state index in [-0.39, 0.29) is 17.2 Å². The molecule has 0 bridgehead atoms. The highest BCUT2D eigenvalue weighted by Crippen LogP contribution is 2.22. The molecule has 63 heavy (non-hydrogen) atoms. The maximum absolute atomic E-state index is 12.2. The number of hydrogen-bond acceptors (Lipinski definition) is 15. The number of nitrogens with zero attached hydrogens (tertiary/aromatic N) is 6. The molecule has 356 valence electrons. The van der Waals surface area contributed by atoms with Crippen molar-refractivity contribution in [3.05, 3.63) is 35.7 Å². The van der Waals surface area contributed by atoms with Crippen LogP contribution < -0.4 is 10.6 Å². The third kappa shape index (κ3) is 28.0. The molecular formula is C45H76N8O10. The Morgan fingerprint density at radius 3 is 1.70 bits per heavy atom. The van der Waals surface area contributed by atoms with Crippen molar-refractivity contribution in [2.24, 2.45) is 5.92 Å². The van der Waals surface area contributed by atoms with Crippen LogP contribution in [0.4, 0.5) is 0 Å². The highest BCUT2D eigenvalue weighted by atomic mass is 16.6. The number of amides is 2. The van der Waals surface area contributed by atoms with E-state index in [0.717, 1.165) is 56.4 Å². The first-order chi connectivity index (χ1) is 30.7. The number of ether oxygens (including phenoxy) is 8. The Morgan fingerprint density at radius 1 is 0.698 bits per heavy atom. The standard InChI is InChI=1S/C45H76N8O10/c1-45(2,3)44-48-35-40(36-49-44)9-6-5-7-11-43(55)47-37-41-38-53(51-50-41)18-20-57-22-24-59-26-28-61-30-32-63-34-33-62-31-29-60-27-25-58-23-21-56-19-17-52-15-13-39(14-16-52)10-8-12-42(54)46-4/h35-36,38-39H,5,7-8,10-34,37H2,1-4H3,(H,46,54)(H,47,55). The molecule has 0 atom stereocenters. The lowest BCUT2D eigenvalue weighted by molar-refractivity contribution is -0.121. The Labute approximate surface area is 375 Å². The maximum Gasteiger partial charge on any atom is 0.220 e. The largest absolute Gasteiger partial charge is 0.378 e. The molecule has 3 heterocycles. The predicted octanol–water partition coefficient (Wildman–Crippen LogP) is 2.96. The molecule has 18 heteroatoms. The van der Waals surface area contributed by atoms with Gasteiger partial charge in [0.25, 0.3) is 0 Å². The van der Waals surface area contributed by atoms with E-state index in [2.05, 4.69) is 68.4 Å². The van der Waals surface area contributed by atoms with Gasteiger partial charge in [-0.1, -0.05) is 37.8 Å². The van der Waals surface area contributed by atoms with Crippen molar-refractivity contribution in [3.8, 4) is 11.8 Å². The van der Waals surface area contributed by atoms with Crippen LogP contribution in [0.3, 0.4) is 0 Å². The average Bonchev–Trinajstić information content (AvgIpc) is 3.74. The average molecular weight is 889 g/mol. The van der Waals surface area contributed by atoms with Gasteiger partial charge in [-0.05, 0) is 51.1 Å². The Bertz CT molecular complexity index is 1520. The van der Waals surface area contributed by atoms with Gasteiger partial charge in [-0.15, -0.1) is 5.10 Å². The minimum absolute atomic E-state index is 0.0513. The summed E-state index contributed by atoms with van der Waals surface area (Å²) in [7, 11) is 1.70. The Balaban J connectivity index is 0.971. The lowest BCUT2D eigenvalue weighted by Crippen LogP contribution is -2.36. The summed E-state index contributed by atoms with van der Waals surface area (Å²) in [5.74, 6) is 7.76. The second-order valence-corrected chi connectivity index (χ2v) is 16.2. The first-order valence-electron chi connectivity index (χ1n) is 22.7. The zero-order valence-electron chi connectivity index (χ0n) is 38.6. The Kier molecular flexibility index (Phi) is 29.6. The minimum Gasteiger partial charge on any atom is -0.378 e. The van der Waals surface area contributed by atoms with E-state index in [4.69, 9.17) is 37.9 Å². The summed E-state index contributed by atoms with van der Waals surface area (Å²) in [5.41, 5.74) is 1.35. The van der Waals surface area contributed by atoms with Crippen LogP contribution in [-0.4, -0.2) is 174 Å². The predicted molar refractivity (Wildman–Crippen MR) is 237 cm³/mol. The number of rotatable bonds is 36. The van der Waals surface area contributed by atoms with Crippen molar-refractivity contribution < 1.29 is 47.5 Å². The molecule has 0 saturated carbocycles. The minimum atomic E-state index is -0.0979. The van der Waals surface area contributed by atoms with Gasteiger partial charge < -0.3 is 53.4 Å². The fourth-order valence-corrected chi connectivity index (χ4v) is 6.26. The van der Waals surface area contributed by atoms with Gasteiger partial charge in [0, 0.05) is 50.7 Å². The van der Waals surface area contributed by atoms with Crippen molar-refractivity contribution in [1.29, 1.82) is 0 Å². The highest BCUT2D eigenvalue weighted by Gasteiger charge is 2.19. The van der Waals surface area contributed by atoms with Gasteiger partial charge in [0.2, 0.25) is 11.8 Å². The first-order valence-corrected chi connectivity index (χ1v) is 22.7. The van der Waals surface area contributed by atoms with Crippen molar-refractivity contribution in [2.75, 3.05) is 132 Å². The second kappa shape index (κ2) is 34.7. The number of likely N-dealkylation sites (tertiary alicyclic amines) is 1. The van der Waals surface area contributed by atoms with E-state index in [1.54, 1.807) is 30.3 Å². The van der Waals surface area contributed by atoms with Gasteiger partial charge in [-0.2, -0.15) is 0 Å². The number of nitrogens with one attached hydrogen (secondary N) is 2. The molecule has 0 unspecified atom stereocenters. The van der Waals surface area contributed by atoms with Crippen LogP contribution in [-0.2, 0) is 66.0 Å². The fraction of sp³-hybridized carbons (Fsp3) is 0.778. The van der Waals surface area contributed by atoms with Gasteiger partial charge in [0.15, 0.2) is 0 Å². The zero-order valence-corrected chi connectivity index (χ0v) is 38.6. The lowest BCUT2D eigenvalue weighted by Gasteiger charge is -2.31. The summed E-state index contributed by atoms with van der Waals surface area (Å²) < 4.78 is 46.4. The van der Waals surface area contributed by atoms with Crippen LogP contribution in [0.15, 0.2) is 18.6 Å². The Hall–Kier alpha value is -3.64. The van der Waals surface area contributed by atoms with Crippen LogP contribution in [0.25, 0.3) is 0 Å².